The molecule has 1 aliphatic heterocycles. The SMILES string of the molecule is C=C(C)[C@H]1CNC(CCCC)C(=O)N1. The van der Waals surface area contributed by atoms with Crippen molar-refractivity contribution in [2.45, 2.75) is 45.2 Å². The Hall–Kier alpha value is -0.830. The van der Waals surface area contributed by atoms with Gasteiger partial charge in [-0.05, 0) is 13.3 Å². The molecule has 1 aliphatic rings. The molecule has 0 spiro atoms. The molecule has 0 aromatic rings. The number of rotatable bonds is 4. The maximum absolute atomic E-state index is 11.6. The van der Waals surface area contributed by atoms with Crippen LogP contribution < -0.4 is 10.6 Å². The molecule has 1 rings (SSSR count). The van der Waals surface area contributed by atoms with Gasteiger partial charge in [0.1, 0.15) is 0 Å². The van der Waals surface area contributed by atoms with Crippen molar-refractivity contribution in [2.75, 3.05) is 6.54 Å². The van der Waals surface area contributed by atoms with E-state index in [-0.39, 0.29) is 18.0 Å². The molecule has 2 atom stereocenters. The van der Waals surface area contributed by atoms with Crippen molar-refractivity contribution in [2.24, 2.45) is 0 Å². The van der Waals surface area contributed by atoms with Crippen molar-refractivity contribution < 1.29 is 4.79 Å². The Labute approximate surface area is 86.0 Å². The Bertz CT molecular complexity index is 225. The fourth-order valence-corrected chi connectivity index (χ4v) is 1.61. The maximum Gasteiger partial charge on any atom is 0.237 e. The van der Waals surface area contributed by atoms with Crippen LogP contribution in [-0.4, -0.2) is 24.5 Å². The number of hydrogen-bond donors (Lipinski definition) is 2. The highest BCUT2D eigenvalue weighted by Gasteiger charge is 2.26. The highest BCUT2D eigenvalue weighted by molar-refractivity contribution is 5.83. The average molecular weight is 196 g/mol. The second kappa shape index (κ2) is 5.15. The van der Waals surface area contributed by atoms with Gasteiger partial charge < -0.3 is 10.6 Å². The highest BCUT2D eigenvalue weighted by Crippen LogP contribution is 2.08. The van der Waals surface area contributed by atoms with Crippen LogP contribution in [0, 0.1) is 0 Å². The van der Waals surface area contributed by atoms with Gasteiger partial charge in [-0.25, -0.2) is 0 Å². The van der Waals surface area contributed by atoms with Crippen LogP contribution in [0.4, 0.5) is 0 Å². The largest absolute Gasteiger partial charge is 0.347 e. The molecule has 0 saturated carbocycles. The molecule has 2 N–H and O–H groups in total. The minimum atomic E-state index is 0.00514. The van der Waals surface area contributed by atoms with Crippen molar-refractivity contribution in [3.8, 4) is 0 Å². The number of carbonyl (C=O) groups is 1. The lowest BCUT2D eigenvalue weighted by atomic mass is 10.0. The van der Waals surface area contributed by atoms with Crippen molar-refractivity contribution in [3.05, 3.63) is 12.2 Å². The van der Waals surface area contributed by atoms with Gasteiger partial charge in [0, 0.05) is 6.54 Å². The fourth-order valence-electron chi connectivity index (χ4n) is 1.61. The van der Waals surface area contributed by atoms with E-state index in [2.05, 4.69) is 24.1 Å². The van der Waals surface area contributed by atoms with Gasteiger partial charge in [0.15, 0.2) is 0 Å². The van der Waals surface area contributed by atoms with E-state index in [1.54, 1.807) is 0 Å². The van der Waals surface area contributed by atoms with E-state index in [1.807, 2.05) is 6.92 Å². The second-order valence-electron chi connectivity index (χ2n) is 4.01. The zero-order valence-electron chi connectivity index (χ0n) is 9.10. The molecule has 1 unspecified atom stereocenters. The Balaban J connectivity index is 2.40. The molecule has 1 heterocycles. The summed E-state index contributed by atoms with van der Waals surface area (Å²) in [5, 5.41) is 6.24. The zero-order chi connectivity index (χ0) is 10.6. The summed E-state index contributed by atoms with van der Waals surface area (Å²) in [4.78, 5) is 11.6. The molecule has 0 aliphatic carbocycles. The van der Waals surface area contributed by atoms with Crippen LogP contribution in [0.15, 0.2) is 12.2 Å². The Morgan fingerprint density at radius 1 is 1.64 bits per heavy atom. The van der Waals surface area contributed by atoms with Crippen molar-refractivity contribution in [1.29, 1.82) is 0 Å². The van der Waals surface area contributed by atoms with Gasteiger partial charge in [0.05, 0.1) is 12.1 Å². The molecule has 14 heavy (non-hydrogen) atoms. The number of unbranched alkanes of at least 4 members (excludes halogenated alkanes) is 1. The first-order valence-corrected chi connectivity index (χ1v) is 5.34. The first-order chi connectivity index (χ1) is 6.65. The molecule has 0 radical (unpaired) electrons. The number of nitrogens with one attached hydrogen (secondary N) is 2. The maximum atomic E-state index is 11.6. The monoisotopic (exact) mass is 196 g/mol. The van der Waals surface area contributed by atoms with Crippen LogP contribution in [-0.2, 0) is 4.79 Å². The average Bonchev–Trinajstić information content (AvgIpc) is 2.15. The molecule has 1 amide bonds. The van der Waals surface area contributed by atoms with Crippen molar-refractivity contribution in [3.63, 3.8) is 0 Å². The van der Waals surface area contributed by atoms with Crippen LogP contribution in [0.1, 0.15) is 33.1 Å². The van der Waals surface area contributed by atoms with E-state index < -0.39 is 0 Å². The summed E-state index contributed by atoms with van der Waals surface area (Å²) in [5.41, 5.74) is 1.01. The summed E-state index contributed by atoms with van der Waals surface area (Å²) < 4.78 is 0. The standard InChI is InChI=1S/C11H20N2O/c1-4-5-6-9-11(14)13-10(7-12-9)8(2)3/h9-10,12H,2,4-7H2,1,3H3,(H,13,14)/t9?,10-/m1/s1. The van der Waals surface area contributed by atoms with Crippen LogP contribution in [0.5, 0.6) is 0 Å². The van der Waals surface area contributed by atoms with Crippen molar-refractivity contribution in [1.82, 2.24) is 10.6 Å². The van der Waals surface area contributed by atoms with E-state index in [0.717, 1.165) is 31.4 Å². The highest BCUT2D eigenvalue weighted by atomic mass is 16.2. The van der Waals surface area contributed by atoms with E-state index in [9.17, 15) is 4.79 Å². The number of carbonyl (C=O) groups excluding carboxylic acids is 1. The molecule has 1 fully saturated rings. The van der Waals surface area contributed by atoms with E-state index in [4.69, 9.17) is 0 Å². The Morgan fingerprint density at radius 2 is 2.36 bits per heavy atom. The van der Waals surface area contributed by atoms with Gasteiger partial charge in [-0.1, -0.05) is 31.9 Å². The first-order valence-electron chi connectivity index (χ1n) is 5.34. The van der Waals surface area contributed by atoms with Gasteiger partial charge in [-0.15, -0.1) is 0 Å². The molecule has 0 aromatic heterocycles. The van der Waals surface area contributed by atoms with Crippen molar-refractivity contribution >= 4 is 5.91 Å². The summed E-state index contributed by atoms with van der Waals surface area (Å²) in [7, 11) is 0. The number of hydrogen-bond acceptors (Lipinski definition) is 2. The van der Waals surface area contributed by atoms with E-state index >= 15 is 0 Å². The van der Waals surface area contributed by atoms with E-state index in [0.29, 0.717) is 0 Å². The first kappa shape index (κ1) is 11.2. The molecular formula is C11H20N2O. The lowest BCUT2D eigenvalue weighted by Crippen LogP contribution is -2.58. The lowest BCUT2D eigenvalue weighted by molar-refractivity contribution is -0.125. The molecule has 3 heteroatoms. The van der Waals surface area contributed by atoms with Gasteiger partial charge in [-0.2, -0.15) is 0 Å². The third kappa shape index (κ3) is 2.84. The molecule has 1 saturated heterocycles. The van der Waals surface area contributed by atoms with E-state index in [1.165, 1.54) is 0 Å². The zero-order valence-corrected chi connectivity index (χ0v) is 9.10. The summed E-state index contributed by atoms with van der Waals surface area (Å²) in [6, 6.07) is 0.117. The third-order valence-electron chi connectivity index (χ3n) is 2.64. The Morgan fingerprint density at radius 3 is 2.86 bits per heavy atom. The molecule has 3 nitrogen and oxygen atoms in total. The topological polar surface area (TPSA) is 41.1 Å². The van der Waals surface area contributed by atoms with Crippen LogP contribution in [0.3, 0.4) is 0 Å². The lowest BCUT2D eigenvalue weighted by Gasteiger charge is -2.30. The predicted octanol–water partition coefficient (Wildman–Crippen LogP) is 1.21. The Kier molecular flexibility index (Phi) is 4.14. The molecule has 0 bridgehead atoms. The van der Waals surface area contributed by atoms with Crippen LogP contribution in [0.2, 0.25) is 0 Å². The van der Waals surface area contributed by atoms with Gasteiger partial charge in [0.25, 0.3) is 0 Å². The number of amides is 1. The summed E-state index contributed by atoms with van der Waals surface area (Å²) >= 11 is 0. The van der Waals surface area contributed by atoms with Crippen LogP contribution >= 0.6 is 0 Å². The van der Waals surface area contributed by atoms with Gasteiger partial charge in [-0.3, -0.25) is 4.79 Å². The fraction of sp³-hybridized carbons (Fsp3) is 0.727. The minimum Gasteiger partial charge on any atom is -0.347 e. The summed E-state index contributed by atoms with van der Waals surface area (Å²) in [5.74, 6) is 0.123. The predicted molar refractivity (Wildman–Crippen MR) is 58.1 cm³/mol. The quantitative estimate of drug-likeness (QED) is 0.664. The second-order valence-corrected chi connectivity index (χ2v) is 4.01. The van der Waals surface area contributed by atoms with Gasteiger partial charge in [0.2, 0.25) is 5.91 Å². The molecule has 0 aromatic carbocycles. The normalized spacial score (nSPS) is 27.1. The smallest absolute Gasteiger partial charge is 0.237 e. The minimum absolute atomic E-state index is 0.00514. The summed E-state index contributed by atoms with van der Waals surface area (Å²) in [6.45, 7) is 8.74. The molecule has 80 valence electrons. The summed E-state index contributed by atoms with van der Waals surface area (Å²) in [6.07, 6.45) is 3.17. The third-order valence-corrected chi connectivity index (χ3v) is 2.64. The van der Waals surface area contributed by atoms with Gasteiger partial charge >= 0.3 is 0 Å². The number of piperazine rings is 1. The van der Waals surface area contributed by atoms with Crippen LogP contribution in [0.25, 0.3) is 0 Å². The molecular weight excluding hydrogens is 176 g/mol.